The van der Waals surface area contributed by atoms with Crippen LogP contribution in [0.5, 0.6) is 0 Å². The molecule has 2 unspecified atom stereocenters. The first-order valence-corrected chi connectivity index (χ1v) is 6.70. The van der Waals surface area contributed by atoms with Crippen molar-refractivity contribution >= 4 is 0 Å². The van der Waals surface area contributed by atoms with Gasteiger partial charge < -0.3 is 14.8 Å². The first-order chi connectivity index (χ1) is 7.74. The molecule has 0 aromatic carbocycles. The van der Waals surface area contributed by atoms with Gasteiger partial charge in [0.15, 0.2) is 0 Å². The minimum atomic E-state index is 0.338. The van der Waals surface area contributed by atoms with Gasteiger partial charge in [0.2, 0.25) is 0 Å². The molecule has 0 spiro atoms. The number of ether oxygens (including phenoxy) is 2. The molecule has 2 rings (SSSR count). The SMILES string of the molecule is CC(C)COCC1CCC(CNC2CC2)O1. The van der Waals surface area contributed by atoms with Gasteiger partial charge in [-0.15, -0.1) is 0 Å². The van der Waals surface area contributed by atoms with Crippen molar-refractivity contribution in [3.05, 3.63) is 0 Å². The van der Waals surface area contributed by atoms with Crippen LogP contribution in [0.1, 0.15) is 39.5 Å². The van der Waals surface area contributed by atoms with Crippen LogP contribution in [0, 0.1) is 5.92 Å². The first-order valence-electron chi connectivity index (χ1n) is 6.70. The van der Waals surface area contributed by atoms with Crippen LogP contribution in [0.2, 0.25) is 0 Å². The molecule has 3 nitrogen and oxygen atoms in total. The van der Waals surface area contributed by atoms with Crippen molar-refractivity contribution < 1.29 is 9.47 Å². The fraction of sp³-hybridized carbons (Fsp3) is 1.00. The number of hydrogen-bond donors (Lipinski definition) is 1. The van der Waals surface area contributed by atoms with Crippen molar-refractivity contribution in [1.82, 2.24) is 5.32 Å². The normalized spacial score (nSPS) is 30.2. The molecule has 94 valence electrons. The molecule has 16 heavy (non-hydrogen) atoms. The van der Waals surface area contributed by atoms with Gasteiger partial charge in [0.1, 0.15) is 0 Å². The van der Waals surface area contributed by atoms with Crippen LogP contribution in [-0.2, 0) is 9.47 Å². The Bertz CT molecular complexity index is 204. The van der Waals surface area contributed by atoms with E-state index in [1.54, 1.807) is 0 Å². The van der Waals surface area contributed by atoms with E-state index in [1.165, 1.54) is 19.3 Å². The lowest BCUT2D eigenvalue weighted by atomic mass is 10.2. The molecule has 1 aliphatic carbocycles. The second-order valence-corrected chi connectivity index (χ2v) is 5.57. The van der Waals surface area contributed by atoms with Crippen LogP contribution in [0.4, 0.5) is 0 Å². The van der Waals surface area contributed by atoms with E-state index in [0.29, 0.717) is 18.1 Å². The van der Waals surface area contributed by atoms with Gasteiger partial charge in [-0.2, -0.15) is 0 Å². The van der Waals surface area contributed by atoms with Crippen LogP contribution in [0.15, 0.2) is 0 Å². The lowest BCUT2D eigenvalue weighted by Gasteiger charge is -2.15. The summed E-state index contributed by atoms with van der Waals surface area (Å²) in [5.41, 5.74) is 0. The zero-order valence-electron chi connectivity index (χ0n) is 10.6. The van der Waals surface area contributed by atoms with Crippen molar-refractivity contribution in [3.8, 4) is 0 Å². The van der Waals surface area contributed by atoms with Gasteiger partial charge in [-0.1, -0.05) is 13.8 Å². The number of rotatable bonds is 7. The first kappa shape index (κ1) is 12.3. The third-order valence-electron chi connectivity index (χ3n) is 3.16. The maximum absolute atomic E-state index is 5.93. The van der Waals surface area contributed by atoms with Crippen LogP contribution < -0.4 is 5.32 Å². The van der Waals surface area contributed by atoms with E-state index in [0.717, 1.165) is 32.2 Å². The highest BCUT2D eigenvalue weighted by Crippen LogP contribution is 2.22. The Labute approximate surface area is 98.9 Å². The molecule has 0 aromatic rings. The van der Waals surface area contributed by atoms with Crippen LogP contribution >= 0.6 is 0 Å². The van der Waals surface area contributed by atoms with Gasteiger partial charge in [-0.3, -0.25) is 0 Å². The van der Waals surface area contributed by atoms with Crippen molar-refractivity contribution in [2.75, 3.05) is 19.8 Å². The van der Waals surface area contributed by atoms with Crippen molar-refractivity contribution in [3.63, 3.8) is 0 Å². The van der Waals surface area contributed by atoms with Gasteiger partial charge in [-0.25, -0.2) is 0 Å². The van der Waals surface area contributed by atoms with E-state index < -0.39 is 0 Å². The third-order valence-corrected chi connectivity index (χ3v) is 3.16. The Morgan fingerprint density at radius 3 is 2.62 bits per heavy atom. The Morgan fingerprint density at radius 2 is 1.94 bits per heavy atom. The summed E-state index contributed by atoms with van der Waals surface area (Å²) in [6, 6.07) is 0.792. The van der Waals surface area contributed by atoms with Crippen molar-refractivity contribution in [2.24, 2.45) is 5.92 Å². The Balaban J connectivity index is 1.52. The van der Waals surface area contributed by atoms with Crippen molar-refractivity contribution in [1.29, 1.82) is 0 Å². The predicted octanol–water partition coefficient (Wildman–Crippen LogP) is 1.96. The van der Waals surface area contributed by atoms with E-state index in [1.807, 2.05) is 0 Å². The Morgan fingerprint density at radius 1 is 1.19 bits per heavy atom. The molecule has 1 aliphatic heterocycles. The zero-order chi connectivity index (χ0) is 11.4. The van der Waals surface area contributed by atoms with Crippen LogP contribution in [0.3, 0.4) is 0 Å². The number of hydrogen-bond acceptors (Lipinski definition) is 3. The summed E-state index contributed by atoms with van der Waals surface area (Å²) in [5.74, 6) is 0.619. The fourth-order valence-corrected chi connectivity index (χ4v) is 2.07. The molecular weight excluding hydrogens is 202 g/mol. The molecule has 3 heteroatoms. The zero-order valence-corrected chi connectivity index (χ0v) is 10.6. The highest BCUT2D eigenvalue weighted by atomic mass is 16.5. The molecule has 2 aliphatic rings. The average molecular weight is 227 g/mol. The molecule has 0 bridgehead atoms. The van der Waals surface area contributed by atoms with E-state index in [9.17, 15) is 0 Å². The molecule has 2 fully saturated rings. The lowest BCUT2D eigenvalue weighted by molar-refractivity contribution is -0.0197. The molecule has 0 radical (unpaired) electrons. The highest BCUT2D eigenvalue weighted by molar-refractivity contribution is 4.84. The van der Waals surface area contributed by atoms with Gasteiger partial charge in [0.25, 0.3) is 0 Å². The molecule has 2 atom stereocenters. The summed E-state index contributed by atoms with van der Waals surface area (Å²) >= 11 is 0. The molecule has 1 N–H and O–H groups in total. The molecule has 1 saturated heterocycles. The van der Waals surface area contributed by atoms with Gasteiger partial charge in [0.05, 0.1) is 18.8 Å². The number of nitrogens with one attached hydrogen (secondary N) is 1. The Hall–Kier alpha value is -0.120. The van der Waals surface area contributed by atoms with E-state index in [4.69, 9.17) is 9.47 Å². The lowest BCUT2D eigenvalue weighted by Crippen LogP contribution is -2.29. The minimum absolute atomic E-state index is 0.338. The van der Waals surface area contributed by atoms with Gasteiger partial charge in [-0.05, 0) is 31.6 Å². The summed E-state index contributed by atoms with van der Waals surface area (Å²) in [6.45, 7) is 7.02. The van der Waals surface area contributed by atoms with E-state index in [-0.39, 0.29) is 0 Å². The quantitative estimate of drug-likeness (QED) is 0.721. The maximum Gasteiger partial charge on any atom is 0.0813 e. The minimum Gasteiger partial charge on any atom is -0.378 e. The third kappa shape index (κ3) is 4.40. The summed E-state index contributed by atoms with van der Waals surface area (Å²) < 4.78 is 11.6. The second-order valence-electron chi connectivity index (χ2n) is 5.57. The molecule has 1 saturated carbocycles. The summed E-state index contributed by atoms with van der Waals surface area (Å²) in [6.07, 6.45) is 5.82. The predicted molar refractivity (Wildman–Crippen MR) is 64.6 cm³/mol. The van der Waals surface area contributed by atoms with Gasteiger partial charge in [0, 0.05) is 19.2 Å². The fourth-order valence-electron chi connectivity index (χ4n) is 2.07. The topological polar surface area (TPSA) is 30.5 Å². The van der Waals surface area contributed by atoms with Crippen LogP contribution in [-0.4, -0.2) is 38.0 Å². The van der Waals surface area contributed by atoms with Crippen molar-refractivity contribution in [2.45, 2.75) is 57.8 Å². The van der Waals surface area contributed by atoms with Crippen LogP contribution in [0.25, 0.3) is 0 Å². The standard InChI is InChI=1S/C13H25NO2/c1-10(2)8-15-9-13-6-5-12(16-13)7-14-11-3-4-11/h10-14H,3-9H2,1-2H3. The summed E-state index contributed by atoms with van der Waals surface area (Å²) in [5, 5.41) is 3.53. The summed E-state index contributed by atoms with van der Waals surface area (Å²) in [4.78, 5) is 0. The molecular formula is C13H25NO2. The highest BCUT2D eigenvalue weighted by Gasteiger charge is 2.27. The molecule has 1 heterocycles. The smallest absolute Gasteiger partial charge is 0.0813 e. The molecule has 0 aromatic heterocycles. The monoisotopic (exact) mass is 227 g/mol. The summed E-state index contributed by atoms with van der Waals surface area (Å²) in [7, 11) is 0. The average Bonchev–Trinajstić information content (AvgIpc) is 2.96. The van der Waals surface area contributed by atoms with Gasteiger partial charge >= 0.3 is 0 Å². The maximum atomic E-state index is 5.93. The Kier molecular flexibility index (Phi) is 4.62. The van der Waals surface area contributed by atoms with E-state index >= 15 is 0 Å². The molecule has 0 amide bonds. The second kappa shape index (κ2) is 5.99. The van der Waals surface area contributed by atoms with E-state index in [2.05, 4.69) is 19.2 Å². The largest absolute Gasteiger partial charge is 0.378 e.